The summed E-state index contributed by atoms with van der Waals surface area (Å²) in [6, 6.07) is 16.0. The number of benzene rings is 2. The second-order valence-electron chi connectivity index (χ2n) is 6.94. The van der Waals surface area contributed by atoms with E-state index in [1.807, 2.05) is 62.4 Å². The van der Waals surface area contributed by atoms with Crippen LogP contribution in [-0.2, 0) is 16.1 Å². The summed E-state index contributed by atoms with van der Waals surface area (Å²) in [6.45, 7) is 5.04. The summed E-state index contributed by atoms with van der Waals surface area (Å²) in [5.74, 6) is -0.298. The Kier molecular flexibility index (Phi) is 5.77. The van der Waals surface area contributed by atoms with E-state index in [4.69, 9.17) is 0 Å². The van der Waals surface area contributed by atoms with Gasteiger partial charge < -0.3 is 10.2 Å². The number of likely N-dealkylation sites (tertiary alicyclic amines) is 1. The minimum atomic E-state index is -0.286. The Morgan fingerprint density at radius 1 is 1.19 bits per heavy atom. The number of nitrogens with one attached hydrogen (secondary N) is 1. The highest BCUT2D eigenvalue weighted by Crippen LogP contribution is 2.22. The van der Waals surface area contributed by atoms with Crippen molar-refractivity contribution in [2.45, 2.75) is 32.9 Å². The van der Waals surface area contributed by atoms with E-state index < -0.39 is 0 Å². The van der Waals surface area contributed by atoms with E-state index in [1.165, 1.54) is 5.56 Å². The molecule has 0 aliphatic carbocycles. The van der Waals surface area contributed by atoms with Crippen LogP contribution >= 0.6 is 15.9 Å². The summed E-state index contributed by atoms with van der Waals surface area (Å²) in [5, 5.41) is 3.04. The van der Waals surface area contributed by atoms with E-state index in [1.54, 1.807) is 4.90 Å². The molecule has 136 valence electrons. The fourth-order valence-corrected chi connectivity index (χ4v) is 3.44. The highest BCUT2D eigenvalue weighted by atomic mass is 79.9. The predicted molar refractivity (Wildman–Crippen MR) is 105 cm³/mol. The maximum Gasteiger partial charge on any atom is 0.225 e. The van der Waals surface area contributed by atoms with Gasteiger partial charge in [-0.15, -0.1) is 0 Å². The van der Waals surface area contributed by atoms with Crippen molar-refractivity contribution in [1.29, 1.82) is 0 Å². The zero-order valence-electron chi connectivity index (χ0n) is 15.0. The van der Waals surface area contributed by atoms with Crippen molar-refractivity contribution in [3.8, 4) is 0 Å². The number of hydrogen-bond acceptors (Lipinski definition) is 2. The molecule has 1 fully saturated rings. The molecule has 2 aromatic carbocycles. The second-order valence-corrected chi connectivity index (χ2v) is 7.86. The molecule has 2 atom stereocenters. The first-order chi connectivity index (χ1) is 12.4. The fraction of sp³-hybridized carbons (Fsp3) is 0.333. The summed E-state index contributed by atoms with van der Waals surface area (Å²) in [7, 11) is 0. The summed E-state index contributed by atoms with van der Waals surface area (Å²) in [4.78, 5) is 26.7. The number of hydrogen-bond donors (Lipinski definition) is 1. The van der Waals surface area contributed by atoms with Crippen LogP contribution in [-0.4, -0.2) is 23.3 Å². The van der Waals surface area contributed by atoms with Crippen LogP contribution in [0.5, 0.6) is 0 Å². The molecule has 0 bridgehead atoms. The molecule has 4 nitrogen and oxygen atoms in total. The summed E-state index contributed by atoms with van der Waals surface area (Å²) < 4.78 is 1.01. The Labute approximate surface area is 162 Å². The number of amides is 2. The number of aryl methyl sites for hydroxylation is 1. The molecule has 2 aromatic rings. The number of rotatable bonds is 5. The van der Waals surface area contributed by atoms with Gasteiger partial charge in [-0.2, -0.15) is 0 Å². The van der Waals surface area contributed by atoms with Crippen molar-refractivity contribution in [1.82, 2.24) is 10.2 Å². The standard InChI is InChI=1S/C21H23BrN2O2/c1-14-3-5-16(6-4-14)12-24-13-18(11-20(24)25)21(26)23-15(2)17-7-9-19(22)10-8-17/h3-10,15,18H,11-13H2,1-2H3,(H,23,26). The van der Waals surface area contributed by atoms with Crippen LogP contribution in [0.15, 0.2) is 53.0 Å². The van der Waals surface area contributed by atoms with Crippen LogP contribution in [0.1, 0.15) is 36.1 Å². The van der Waals surface area contributed by atoms with Gasteiger partial charge in [-0.3, -0.25) is 9.59 Å². The third-order valence-corrected chi connectivity index (χ3v) is 5.34. The number of carbonyl (C=O) groups excluding carboxylic acids is 2. The van der Waals surface area contributed by atoms with Crippen molar-refractivity contribution in [2.24, 2.45) is 5.92 Å². The SMILES string of the molecule is Cc1ccc(CN2CC(C(=O)NC(C)c3ccc(Br)cc3)CC2=O)cc1. The largest absolute Gasteiger partial charge is 0.349 e. The van der Waals surface area contributed by atoms with Crippen molar-refractivity contribution in [2.75, 3.05) is 6.54 Å². The van der Waals surface area contributed by atoms with Gasteiger partial charge in [-0.05, 0) is 37.1 Å². The summed E-state index contributed by atoms with van der Waals surface area (Å²) in [6.07, 6.45) is 0.282. The molecule has 0 radical (unpaired) electrons. The van der Waals surface area contributed by atoms with Crippen LogP contribution in [0.4, 0.5) is 0 Å². The molecule has 3 rings (SSSR count). The third-order valence-electron chi connectivity index (χ3n) is 4.81. The molecule has 1 N–H and O–H groups in total. The molecule has 5 heteroatoms. The van der Waals surface area contributed by atoms with E-state index in [2.05, 4.69) is 21.2 Å². The molecule has 26 heavy (non-hydrogen) atoms. The Balaban J connectivity index is 1.57. The Bertz CT molecular complexity index is 787. The van der Waals surface area contributed by atoms with Gasteiger partial charge in [0.05, 0.1) is 12.0 Å². The topological polar surface area (TPSA) is 49.4 Å². The summed E-state index contributed by atoms with van der Waals surface area (Å²) in [5.41, 5.74) is 3.33. The Hall–Kier alpha value is -2.14. The van der Waals surface area contributed by atoms with Crippen LogP contribution in [0, 0.1) is 12.8 Å². The Morgan fingerprint density at radius 3 is 2.50 bits per heavy atom. The van der Waals surface area contributed by atoms with E-state index in [-0.39, 0.29) is 30.2 Å². The molecular formula is C21H23BrN2O2. The molecule has 1 saturated heterocycles. The lowest BCUT2D eigenvalue weighted by molar-refractivity contribution is -0.129. The molecule has 0 spiro atoms. The first-order valence-electron chi connectivity index (χ1n) is 8.81. The van der Waals surface area contributed by atoms with Crippen molar-refractivity contribution < 1.29 is 9.59 Å². The maximum absolute atomic E-state index is 12.6. The molecule has 0 aromatic heterocycles. The molecule has 1 aliphatic rings. The fourth-order valence-electron chi connectivity index (χ4n) is 3.18. The molecule has 2 unspecified atom stereocenters. The maximum atomic E-state index is 12.6. The molecule has 1 aliphatic heterocycles. The average Bonchev–Trinajstić information content (AvgIpc) is 2.98. The molecule has 2 amide bonds. The van der Waals surface area contributed by atoms with Gasteiger partial charge in [0, 0.05) is 24.0 Å². The van der Waals surface area contributed by atoms with Crippen LogP contribution < -0.4 is 5.32 Å². The molecular weight excluding hydrogens is 392 g/mol. The summed E-state index contributed by atoms with van der Waals surface area (Å²) >= 11 is 3.41. The van der Waals surface area contributed by atoms with Gasteiger partial charge >= 0.3 is 0 Å². The second kappa shape index (κ2) is 8.04. The lowest BCUT2D eigenvalue weighted by atomic mass is 10.1. The number of halogens is 1. The van der Waals surface area contributed by atoms with Gasteiger partial charge in [0.2, 0.25) is 11.8 Å². The van der Waals surface area contributed by atoms with Gasteiger partial charge in [0.25, 0.3) is 0 Å². The Morgan fingerprint density at radius 2 is 1.85 bits per heavy atom. The van der Waals surface area contributed by atoms with Crippen LogP contribution in [0.25, 0.3) is 0 Å². The number of nitrogens with zero attached hydrogens (tertiary/aromatic N) is 1. The predicted octanol–water partition coefficient (Wildman–Crippen LogP) is 3.98. The highest BCUT2D eigenvalue weighted by molar-refractivity contribution is 9.10. The minimum Gasteiger partial charge on any atom is -0.349 e. The minimum absolute atomic E-state index is 0.0435. The first-order valence-corrected chi connectivity index (χ1v) is 9.61. The van der Waals surface area contributed by atoms with Gasteiger partial charge in [0.15, 0.2) is 0 Å². The van der Waals surface area contributed by atoms with Crippen molar-refractivity contribution in [3.63, 3.8) is 0 Å². The van der Waals surface area contributed by atoms with E-state index in [0.29, 0.717) is 13.1 Å². The van der Waals surface area contributed by atoms with Gasteiger partial charge in [-0.1, -0.05) is 57.9 Å². The van der Waals surface area contributed by atoms with E-state index >= 15 is 0 Å². The quantitative estimate of drug-likeness (QED) is 0.803. The van der Waals surface area contributed by atoms with E-state index in [9.17, 15) is 9.59 Å². The van der Waals surface area contributed by atoms with Crippen molar-refractivity contribution in [3.05, 3.63) is 69.7 Å². The third kappa shape index (κ3) is 4.52. The van der Waals surface area contributed by atoms with Gasteiger partial charge in [0.1, 0.15) is 0 Å². The van der Waals surface area contributed by atoms with Gasteiger partial charge in [-0.25, -0.2) is 0 Å². The normalized spacial score (nSPS) is 18.0. The number of carbonyl (C=O) groups is 2. The lowest BCUT2D eigenvalue weighted by Gasteiger charge is -2.19. The molecule has 1 heterocycles. The van der Waals surface area contributed by atoms with Crippen molar-refractivity contribution >= 4 is 27.7 Å². The zero-order valence-corrected chi connectivity index (χ0v) is 16.6. The average molecular weight is 415 g/mol. The van der Waals surface area contributed by atoms with E-state index in [0.717, 1.165) is 15.6 Å². The zero-order chi connectivity index (χ0) is 18.7. The monoisotopic (exact) mass is 414 g/mol. The van der Waals surface area contributed by atoms with Crippen LogP contribution in [0.3, 0.4) is 0 Å². The smallest absolute Gasteiger partial charge is 0.225 e. The first kappa shape index (κ1) is 18.6. The lowest BCUT2D eigenvalue weighted by Crippen LogP contribution is -2.34. The van der Waals surface area contributed by atoms with Crippen LogP contribution in [0.2, 0.25) is 0 Å². The molecule has 0 saturated carbocycles. The highest BCUT2D eigenvalue weighted by Gasteiger charge is 2.34.